The summed E-state index contributed by atoms with van der Waals surface area (Å²) in [5.41, 5.74) is 1.90. The Bertz CT molecular complexity index is 818. The third-order valence-electron chi connectivity index (χ3n) is 4.93. The molecule has 0 unspecified atom stereocenters. The lowest BCUT2D eigenvalue weighted by Gasteiger charge is -2.35. The van der Waals surface area contributed by atoms with Crippen LogP contribution in [0.5, 0.6) is 17.2 Å². The van der Waals surface area contributed by atoms with E-state index in [4.69, 9.17) is 14.2 Å². The first-order chi connectivity index (χ1) is 13.5. The Hall–Kier alpha value is -2.00. The van der Waals surface area contributed by atoms with Crippen molar-refractivity contribution in [3.05, 3.63) is 51.1 Å². The Morgan fingerprint density at radius 1 is 0.929 bits per heavy atom. The zero-order chi connectivity index (χ0) is 20.1. The van der Waals surface area contributed by atoms with E-state index in [1.807, 2.05) is 23.1 Å². The summed E-state index contributed by atoms with van der Waals surface area (Å²) in [5, 5.41) is 0. The molecule has 28 heavy (non-hydrogen) atoms. The Labute approximate surface area is 179 Å². The van der Waals surface area contributed by atoms with Crippen molar-refractivity contribution in [1.82, 2.24) is 9.80 Å². The van der Waals surface area contributed by atoms with E-state index in [2.05, 4.69) is 39.6 Å². The number of benzene rings is 2. The van der Waals surface area contributed by atoms with Crippen LogP contribution in [0.15, 0.2) is 36.4 Å². The molecule has 150 valence electrons. The summed E-state index contributed by atoms with van der Waals surface area (Å²) < 4.78 is 16.7. The first-order valence-corrected chi connectivity index (χ1v) is 10.2. The van der Waals surface area contributed by atoms with Gasteiger partial charge in [-0.15, -0.1) is 0 Å². The number of hydrogen-bond acceptors (Lipinski definition) is 5. The van der Waals surface area contributed by atoms with E-state index < -0.39 is 0 Å². The highest BCUT2D eigenvalue weighted by atomic mass is 127. The molecular formula is C21H25IN2O4. The minimum atomic E-state index is 0.0365. The number of carbonyl (C=O) groups is 1. The highest BCUT2D eigenvalue weighted by Gasteiger charge is 2.25. The number of amides is 1. The van der Waals surface area contributed by atoms with Crippen LogP contribution in [0.1, 0.15) is 15.9 Å². The topological polar surface area (TPSA) is 51.2 Å². The molecule has 1 saturated heterocycles. The van der Waals surface area contributed by atoms with E-state index in [1.54, 1.807) is 27.4 Å². The molecule has 1 aliphatic heterocycles. The van der Waals surface area contributed by atoms with Crippen LogP contribution in [0.4, 0.5) is 0 Å². The van der Waals surface area contributed by atoms with E-state index in [0.29, 0.717) is 30.2 Å². The van der Waals surface area contributed by atoms with Gasteiger partial charge in [-0.1, -0.05) is 12.1 Å². The number of piperazine rings is 1. The molecule has 0 N–H and O–H groups in total. The fourth-order valence-electron chi connectivity index (χ4n) is 3.29. The summed E-state index contributed by atoms with van der Waals surface area (Å²) in [5.74, 6) is 2.11. The van der Waals surface area contributed by atoms with Crippen LogP contribution < -0.4 is 14.2 Å². The average molecular weight is 496 g/mol. The first kappa shape index (κ1) is 20.7. The lowest BCUT2D eigenvalue weighted by molar-refractivity contribution is 0.0627. The maximum atomic E-state index is 13.0. The zero-order valence-electron chi connectivity index (χ0n) is 16.4. The van der Waals surface area contributed by atoms with E-state index >= 15 is 0 Å². The summed E-state index contributed by atoms with van der Waals surface area (Å²) in [6, 6.07) is 11.7. The molecule has 0 saturated carbocycles. The van der Waals surface area contributed by atoms with Crippen LogP contribution in [0.25, 0.3) is 0 Å². The van der Waals surface area contributed by atoms with Crippen molar-refractivity contribution < 1.29 is 19.0 Å². The maximum absolute atomic E-state index is 13.0. The van der Waals surface area contributed by atoms with Gasteiger partial charge in [0.15, 0.2) is 11.5 Å². The normalized spacial score (nSPS) is 14.6. The summed E-state index contributed by atoms with van der Waals surface area (Å²) in [6.07, 6.45) is 0. The van der Waals surface area contributed by atoms with Gasteiger partial charge in [-0.05, 0) is 52.4 Å². The van der Waals surface area contributed by atoms with Crippen molar-refractivity contribution >= 4 is 28.5 Å². The van der Waals surface area contributed by atoms with Gasteiger partial charge in [-0.2, -0.15) is 0 Å². The van der Waals surface area contributed by atoms with Crippen molar-refractivity contribution in [2.75, 3.05) is 47.5 Å². The third-order valence-corrected chi connectivity index (χ3v) is 5.82. The lowest BCUT2D eigenvalue weighted by atomic mass is 10.1. The minimum absolute atomic E-state index is 0.0365. The van der Waals surface area contributed by atoms with Gasteiger partial charge in [0.25, 0.3) is 5.91 Å². The van der Waals surface area contributed by atoms with Crippen LogP contribution in [-0.2, 0) is 6.54 Å². The van der Waals surface area contributed by atoms with Gasteiger partial charge >= 0.3 is 0 Å². The summed E-state index contributed by atoms with van der Waals surface area (Å²) in [4.78, 5) is 17.3. The summed E-state index contributed by atoms with van der Waals surface area (Å²) >= 11 is 2.17. The molecule has 0 atom stereocenters. The molecule has 1 aliphatic rings. The Balaban J connectivity index is 1.62. The zero-order valence-corrected chi connectivity index (χ0v) is 18.6. The highest BCUT2D eigenvalue weighted by Crippen LogP contribution is 2.32. The standard InChI is InChI=1S/C21H25IN2O4/c1-26-16-6-4-15(5-7-16)14-23-8-10-24(11-9-23)21(25)17-12-19(27-2)20(28-3)13-18(17)22/h4-7,12-13H,8-11,14H2,1-3H3. The second-order valence-electron chi connectivity index (χ2n) is 6.60. The van der Waals surface area contributed by atoms with Gasteiger partial charge in [-0.25, -0.2) is 0 Å². The van der Waals surface area contributed by atoms with Crippen molar-refractivity contribution in [1.29, 1.82) is 0 Å². The van der Waals surface area contributed by atoms with Gasteiger partial charge < -0.3 is 19.1 Å². The van der Waals surface area contributed by atoms with Crippen LogP contribution in [0.3, 0.4) is 0 Å². The van der Waals surface area contributed by atoms with Crippen LogP contribution in [0.2, 0.25) is 0 Å². The molecule has 0 aromatic heterocycles. The minimum Gasteiger partial charge on any atom is -0.497 e. The Morgan fingerprint density at radius 2 is 1.54 bits per heavy atom. The SMILES string of the molecule is COc1ccc(CN2CCN(C(=O)c3cc(OC)c(OC)cc3I)CC2)cc1. The molecule has 0 spiro atoms. The number of rotatable bonds is 6. The third kappa shape index (κ3) is 4.70. The fraction of sp³-hybridized carbons (Fsp3) is 0.381. The van der Waals surface area contributed by atoms with Crippen molar-refractivity contribution in [2.45, 2.75) is 6.54 Å². The van der Waals surface area contributed by atoms with Crippen molar-refractivity contribution in [3.63, 3.8) is 0 Å². The second-order valence-corrected chi connectivity index (χ2v) is 7.77. The van der Waals surface area contributed by atoms with Crippen molar-refractivity contribution in [2.24, 2.45) is 0 Å². The summed E-state index contributed by atoms with van der Waals surface area (Å²) in [6.45, 7) is 3.99. The fourth-order valence-corrected chi connectivity index (χ4v) is 3.96. The van der Waals surface area contributed by atoms with Crippen LogP contribution >= 0.6 is 22.6 Å². The molecule has 0 radical (unpaired) electrons. The predicted molar refractivity (Wildman–Crippen MR) is 116 cm³/mol. The number of methoxy groups -OCH3 is 3. The molecule has 1 fully saturated rings. The largest absolute Gasteiger partial charge is 0.497 e. The highest BCUT2D eigenvalue weighted by molar-refractivity contribution is 14.1. The molecule has 2 aromatic carbocycles. The molecule has 1 heterocycles. The van der Waals surface area contributed by atoms with E-state index in [0.717, 1.165) is 29.0 Å². The number of hydrogen-bond donors (Lipinski definition) is 0. The van der Waals surface area contributed by atoms with Gasteiger partial charge in [0, 0.05) is 36.3 Å². The number of carbonyl (C=O) groups excluding carboxylic acids is 1. The number of halogens is 1. The molecule has 1 amide bonds. The Morgan fingerprint density at radius 3 is 2.11 bits per heavy atom. The molecule has 0 aliphatic carbocycles. The quantitative estimate of drug-likeness (QED) is 0.575. The van der Waals surface area contributed by atoms with Crippen molar-refractivity contribution in [3.8, 4) is 17.2 Å². The van der Waals surface area contributed by atoms with E-state index in [1.165, 1.54) is 5.56 Å². The second kappa shape index (κ2) is 9.47. The number of ether oxygens (including phenoxy) is 3. The van der Waals surface area contributed by atoms with Gasteiger partial charge in [-0.3, -0.25) is 9.69 Å². The lowest BCUT2D eigenvalue weighted by Crippen LogP contribution is -2.48. The number of nitrogens with zero attached hydrogens (tertiary/aromatic N) is 2. The molecule has 6 nitrogen and oxygen atoms in total. The first-order valence-electron chi connectivity index (χ1n) is 9.11. The van der Waals surface area contributed by atoms with Gasteiger partial charge in [0.1, 0.15) is 5.75 Å². The van der Waals surface area contributed by atoms with Crippen LogP contribution in [0, 0.1) is 3.57 Å². The molecule has 7 heteroatoms. The summed E-state index contributed by atoms with van der Waals surface area (Å²) in [7, 11) is 4.85. The average Bonchev–Trinajstić information content (AvgIpc) is 2.74. The monoisotopic (exact) mass is 496 g/mol. The van der Waals surface area contributed by atoms with E-state index in [-0.39, 0.29) is 5.91 Å². The molecule has 3 rings (SSSR count). The van der Waals surface area contributed by atoms with E-state index in [9.17, 15) is 4.79 Å². The van der Waals surface area contributed by atoms with Crippen LogP contribution in [-0.4, -0.2) is 63.2 Å². The maximum Gasteiger partial charge on any atom is 0.255 e. The van der Waals surface area contributed by atoms with Gasteiger partial charge in [0.05, 0.1) is 26.9 Å². The molecule has 0 bridgehead atoms. The Kier molecular flexibility index (Phi) is 7.01. The molecular weight excluding hydrogens is 471 g/mol. The predicted octanol–water partition coefficient (Wildman–Crippen LogP) is 3.28. The smallest absolute Gasteiger partial charge is 0.255 e. The molecule has 2 aromatic rings. The van der Waals surface area contributed by atoms with Gasteiger partial charge in [0.2, 0.25) is 0 Å².